The first-order valence-electron chi connectivity index (χ1n) is 17.0. The molecule has 0 spiro atoms. The molecule has 47 heavy (non-hydrogen) atoms. The summed E-state index contributed by atoms with van der Waals surface area (Å²) in [6, 6.07) is 8.87. The Kier molecular flexibility index (Phi) is 9.19. The number of aryl methyl sites for hydroxylation is 2. The van der Waals surface area contributed by atoms with Crippen LogP contribution in [0.25, 0.3) is 11.1 Å². The van der Waals surface area contributed by atoms with Gasteiger partial charge in [-0.15, -0.1) is 5.10 Å². The monoisotopic (exact) mass is 642 g/mol. The number of aliphatic carboxylic acids is 1. The number of carboxylic acids is 1. The van der Waals surface area contributed by atoms with Gasteiger partial charge in [-0.2, -0.15) is 5.10 Å². The maximum absolute atomic E-state index is 12.9. The highest BCUT2D eigenvalue weighted by atomic mass is 16.5. The van der Waals surface area contributed by atoms with E-state index in [0.717, 1.165) is 92.5 Å². The molecule has 0 amide bonds. The topological polar surface area (TPSA) is 104 Å². The number of pyridine rings is 1. The number of morpholine rings is 1. The van der Waals surface area contributed by atoms with Crippen molar-refractivity contribution >= 4 is 23.2 Å². The number of carbonyl (C=O) groups is 1. The van der Waals surface area contributed by atoms with Crippen LogP contribution in [0.4, 0.5) is 17.2 Å². The van der Waals surface area contributed by atoms with E-state index in [9.17, 15) is 9.90 Å². The molecule has 3 aliphatic heterocycles. The van der Waals surface area contributed by atoms with E-state index in [2.05, 4.69) is 63.0 Å². The Morgan fingerprint density at radius 2 is 1.68 bits per heavy atom. The number of nitrogens with zero attached hydrogens (tertiary/aromatic N) is 6. The molecule has 0 saturated carbocycles. The standard InChI is InChI=1S/C37H50N6O4/c1-24-31(33(42-14-11-37(6,7)12-15-42)32(25(2)39-24)34(35(44)45)47-36(3,4)5)27-8-9-28-23-43(13-10-26(28)20-27)29-21-30(40-38-22-29)41-16-18-46-19-17-41/h8-9,20-22,34H,10-19,23H2,1-7H3,(H,44,45). The van der Waals surface area contributed by atoms with Gasteiger partial charge in [0.1, 0.15) is 0 Å². The average Bonchev–Trinajstić information content (AvgIpc) is 3.03. The number of aromatic nitrogens is 3. The fourth-order valence-electron chi connectivity index (χ4n) is 7.15. The average molecular weight is 643 g/mol. The summed E-state index contributed by atoms with van der Waals surface area (Å²) in [6.45, 7) is 20.7. The first-order chi connectivity index (χ1) is 22.3. The van der Waals surface area contributed by atoms with Crippen molar-refractivity contribution in [3.8, 4) is 11.1 Å². The van der Waals surface area contributed by atoms with Crippen molar-refractivity contribution in [1.29, 1.82) is 0 Å². The second-order valence-electron chi connectivity index (χ2n) is 15.0. The van der Waals surface area contributed by atoms with Crippen LogP contribution in [-0.4, -0.2) is 77.8 Å². The van der Waals surface area contributed by atoms with Crippen LogP contribution in [0, 0.1) is 19.3 Å². The Balaban J connectivity index is 1.37. The molecule has 10 nitrogen and oxygen atoms in total. The van der Waals surface area contributed by atoms with Crippen LogP contribution in [0.5, 0.6) is 0 Å². The third-order valence-corrected chi connectivity index (χ3v) is 9.80. The lowest BCUT2D eigenvalue weighted by molar-refractivity contribution is -0.160. The van der Waals surface area contributed by atoms with E-state index in [1.165, 1.54) is 11.1 Å². The summed E-state index contributed by atoms with van der Waals surface area (Å²) >= 11 is 0. The summed E-state index contributed by atoms with van der Waals surface area (Å²) in [7, 11) is 0. The fourth-order valence-corrected chi connectivity index (χ4v) is 7.15. The summed E-state index contributed by atoms with van der Waals surface area (Å²) in [4.78, 5) is 24.8. The zero-order chi connectivity index (χ0) is 33.5. The summed E-state index contributed by atoms with van der Waals surface area (Å²) < 4.78 is 11.8. The number of fused-ring (bicyclic) bond motifs is 1. The normalized spacial score (nSPS) is 19.0. The molecule has 5 heterocycles. The Morgan fingerprint density at radius 1 is 0.957 bits per heavy atom. The Bertz CT molecular complexity index is 1620. The van der Waals surface area contributed by atoms with Crippen molar-refractivity contribution in [3.63, 3.8) is 0 Å². The molecule has 3 aromatic rings. The Hall–Kier alpha value is -3.76. The van der Waals surface area contributed by atoms with Gasteiger partial charge in [0.2, 0.25) is 0 Å². The van der Waals surface area contributed by atoms with Crippen LogP contribution in [0.1, 0.15) is 81.6 Å². The minimum Gasteiger partial charge on any atom is -0.479 e. The molecule has 0 radical (unpaired) electrons. The van der Waals surface area contributed by atoms with E-state index >= 15 is 0 Å². The molecule has 6 rings (SSSR count). The lowest BCUT2D eigenvalue weighted by Crippen LogP contribution is -2.39. The van der Waals surface area contributed by atoms with Gasteiger partial charge in [-0.05, 0) is 76.0 Å². The molecule has 0 bridgehead atoms. The van der Waals surface area contributed by atoms with Crippen LogP contribution < -0.4 is 14.7 Å². The predicted octanol–water partition coefficient (Wildman–Crippen LogP) is 6.12. The molecule has 1 aromatic carbocycles. The molecule has 0 aliphatic carbocycles. The van der Waals surface area contributed by atoms with Crippen LogP contribution in [0.3, 0.4) is 0 Å². The number of hydrogen-bond donors (Lipinski definition) is 1. The Morgan fingerprint density at radius 3 is 2.36 bits per heavy atom. The van der Waals surface area contributed by atoms with Crippen LogP contribution in [0.2, 0.25) is 0 Å². The lowest BCUT2D eigenvalue weighted by atomic mass is 9.81. The van der Waals surface area contributed by atoms with Gasteiger partial charge < -0.3 is 29.3 Å². The van der Waals surface area contributed by atoms with Gasteiger partial charge in [-0.1, -0.05) is 32.0 Å². The molecule has 1 unspecified atom stereocenters. The number of benzene rings is 1. The van der Waals surface area contributed by atoms with Crippen molar-refractivity contribution in [3.05, 3.63) is 58.5 Å². The van der Waals surface area contributed by atoms with Crippen molar-refractivity contribution in [2.45, 2.75) is 86.0 Å². The zero-order valence-corrected chi connectivity index (χ0v) is 29.1. The first kappa shape index (κ1) is 33.2. The highest BCUT2D eigenvalue weighted by Crippen LogP contribution is 2.45. The van der Waals surface area contributed by atoms with Crippen molar-refractivity contribution < 1.29 is 19.4 Å². The Labute approximate surface area is 279 Å². The predicted molar refractivity (Wildman–Crippen MR) is 185 cm³/mol. The molecule has 2 fully saturated rings. The van der Waals surface area contributed by atoms with Gasteiger partial charge in [0.15, 0.2) is 11.9 Å². The van der Waals surface area contributed by atoms with Crippen molar-refractivity contribution in [2.75, 3.05) is 60.6 Å². The highest BCUT2D eigenvalue weighted by Gasteiger charge is 2.36. The lowest BCUT2D eigenvalue weighted by Gasteiger charge is -2.41. The van der Waals surface area contributed by atoms with Gasteiger partial charge >= 0.3 is 5.97 Å². The third kappa shape index (κ3) is 7.23. The van der Waals surface area contributed by atoms with E-state index in [1.54, 1.807) is 0 Å². The van der Waals surface area contributed by atoms with E-state index in [-0.39, 0.29) is 5.41 Å². The van der Waals surface area contributed by atoms with Gasteiger partial charge in [0.05, 0.1) is 36.4 Å². The van der Waals surface area contributed by atoms with Gasteiger partial charge in [0, 0.05) is 67.8 Å². The van der Waals surface area contributed by atoms with Crippen molar-refractivity contribution in [1.82, 2.24) is 15.2 Å². The number of ether oxygens (including phenoxy) is 2. The van der Waals surface area contributed by atoms with Crippen LogP contribution in [-0.2, 0) is 27.2 Å². The van der Waals surface area contributed by atoms with Crippen molar-refractivity contribution in [2.24, 2.45) is 5.41 Å². The maximum Gasteiger partial charge on any atom is 0.337 e. The summed E-state index contributed by atoms with van der Waals surface area (Å²) in [5.41, 5.74) is 8.58. The second kappa shape index (κ2) is 13.0. The van der Waals surface area contributed by atoms with E-state index in [0.29, 0.717) is 24.5 Å². The SMILES string of the molecule is Cc1nc(C)c(C(OC(C)(C)C)C(=O)O)c(N2CCC(C)(C)CC2)c1-c1ccc2c(c1)CCN(c1cnnc(N3CCOCC3)c1)C2. The zero-order valence-electron chi connectivity index (χ0n) is 29.1. The summed E-state index contributed by atoms with van der Waals surface area (Å²) in [5.74, 6) is -0.0973. The van der Waals surface area contributed by atoms with Gasteiger partial charge in [-0.3, -0.25) is 4.98 Å². The first-order valence-corrected chi connectivity index (χ1v) is 17.0. The van der Waals surface area contributed by atoms with Gasteiger partial charge in [-0.25, -0.2) is 4.79 Å². The number of anilines is 3. The van der Waals surface area contributed by atoms with E-state index in [4.69, 9.17) is 14.5 Å². The molecule has 1 atom stereocenters. The third-order valence-electron chi connectivity index (χ3n) is 9.80. The molecule has 10 heteroatoms. The number of piperidine rings is 1. The number of carboxylic acid groups (broad SMARTS) is 1. The molecule has 2 saturated heterocycles. The molecule has 1 N–H and O–H groups in total. The molecule has 3 aliphatic rings. The summed E-state index contributed by atoms with van der Waals surface area (Å²) in [5, 5.41) is 19.3. The minimum atomic E-state index is -1.13. The van der Waals surface area contributed by atoms with Gasteiger partial charge in [0.25, 0.3) is 0 Å². The largest absolute Gasteiger partial charge is 0.479 e. The van der Waals surface area contributed by atoms with Crippen LogP contribution in [0.15, 0.2) is 30.5 Å². The highest BCUT2D eigenvalue weighted by molar-refractivity contribution is 5.88. The van der Waals surface area contributed by atoms with E-state index in [1.807, 2.05) is 40.8 Å². The number of rotatable bonds is 7. The summed E-state index contributed by atoms with van der Waals surface area (Å²) in [6.07, 6.45) is 3.68. The van der Waals surface area contributed by atoms with E-state index < -0.39 is 17.7 Å². The molecular weight excluding hydrogens is 592 g/mol. The fraction of sp³-hybridized carbons (Fsp3) is 0.568. The second-order valence-corrected chi connectivity index (χ2v) is 15.0. The molecule has 2 aromatic heterocycles. The smallest absolute Gasteiger partial charge is 0.337 e. The molecule has 252 valence electrons. The van der Waals surface area contributed by atoms with Crippen LogP contribution >= 0.6 is 0 Å². The molecular formula is C37H50N6O4. The maximum atomic E-state index is 12.9. The minimum absolute atomic E-state index is 0.243. The number of hydrogen-bond acceptors (Lipinski definition) is 9. The quantitative estimate of drug-likeness (QED) is 0.324.